The first-order chi connectivity index (χ1) is 9.08. The van der Waals surface area contributed by atoms with Crippen molar-refractivity contribution in [3.8, 4) is 0 Å². The van der Waals surface area contributed by atoms with Gasteiger partial charge in [0.05, 0.1) is 5.02 Å². The highest BCUT2D eigenvalue weighted by Crippen LogP contribution is 2.25. The minimum atomic E-state index is -0.0202. The third-order valence-corrected chi connectivity index (χ3v) is 5.09. The van der Waals surface area contributed by atoms with Crippen molar-refractivity contribution in [2.24, 2.45) is 5.92 Å². The Balaban J connectivity index is 2.05. The lowest BCUT2D eigenvalue weighted by Gasteiger charge is -2.22. The molecular weight excluding hydrogens is 326 g/mol. The maximum Gasteiger partial charge on any atom is 0.251 e. The summed E-state index contributed by atoms with van der Waals surface area (Å²) >= 11 is 9.36. The second kappa shape index (κ2) is 6.76. The highest BCUT2D eigenvalue weighted by atomic mass is 79.9. The molecule has 0 spiro atoms. The molecule has 2 rings (SSSR count). The summed E-state index contributed by atoms with van der Waals surface area (Å²) in [6.07, 6.45) is 6.04. The highest BCUT2D eigenvalue weighted by molar-refractivity contribution is 9.10. The summed E-state index contributed by atoms with van der Waals surface area (Å²) < 4.78 is 0.813. The SMILES string of the molecule is CC1CCCCCC1NC(=O)c1ccc(Br)c(Cl)c1. The van der Waals surface area contributed by atoms with Gasteiger partial charge >= 0.3 is 0 Å². The minimum Gasteiger partial charge on any atom is -0.349 e. The first kappa shape index (κ1) is 14.9. The van der Waals surface area contributed by atoms with Gasteiger partial charge in [-0.25, -0.2) is 0 Å². The van der Waals surface area contributed by atoms with Gasteiger partial charge in [0.15, 0.2) is 0 Å². The Hall–Kier alpha value is -0.540. The number of amides is 1. The first-order valence-electron chi connectivity index (χ1n) is 6.84. The van der Waals surface area contributed by atoms with Crippen LogP contribution >= 0.6 is 27.5 Å². The zero-order valence-corrected chi connectivity index (χ0v) is 13.4. The van der Waals surface area contributed by atoms with E-state index in [2.05, 4.69) is 28.2 Å². The summed E-state index contributed by atoms with van der Waals surface area (Å²) in [7, 11) is 0. The Bertz CT molecular complexity index is 463. The Morgan fingerprint density at radius 2 is 2.05 bits per heavy atom. The topological polar surface area (TPSA) is 29.1 Å². The van der Waals surface area contributed by atoms with E-state index in [0.29, 0.717) is 16.5 Å². The summed E-state index contributed by atoms with van der Waals surface area (Å²) in [5.74, 6) is 0.533. The summed E-state index contributed by atoms with van der Waals surface area (Å²) in [5, 5.41) is 3.73. The molecule has 1 aliphatic carbocycles. The number of hydrogen-bond acceptors (Lipinski definition) is 1. The smallest absolute Gasteiger partial charge is 0.251 e. The molecular formula is C15H19BrClNO. The van der Waals surface area contributed by atoms with Gasteiger partial charge in [-0.3, -0.25) is 4.79 Å². The van der Waals surface area contributed by atoms with Gasteiger partial charge in [0.25, 0.3) is 5.91 Å². The van der Waals surface area contributed by atoms with Crippen LogP contribution in [-0.4, -0.2) is 11.9 Å². The fraction of sp³-hybridized carbons (Fsp3) is 0.533. The normalized spacial score (nSPS) is 23.7. The van der Waals surface area contributed by atoms with Crippen molar-refractivity contribution in [3.05, 3.63) is 33.3 Å². The van der Waals surface area contributed by atoms with E-state index >= 15 is 0 Å². The van der Waals surface area contributed by atoms with Crippen LogP contribution in [0.5, 0.6) is 0 Å². The quantitative estimate of drug-likeness (QED) is 0.767. The third-order valence-electron chi connectivity index (χ3n) is 3.86. The molecule has 19 heavy (non-hydrogen) atoms. The van der Waals surface area contributed by atoms with Crippen LogP contribution in [0.3, 0.4) is 0 Å². The summed E-state index contributed by atoms with van der Waals surface area (Å²) in [4.78, 5) is 12.2. The average molecular weight is 345 g/mol. The molecule has 1 aromatic rings. The van der Waals surface area contributed by atoms with E-state index in [9.17, 15) is 4.79 Å². The Kier molecular flexibility index (Phi) is 5.28. The number of carbonyl (C=O) groups excluding carboxylic acids is 1. The molecule has 1 fully saturated rings. The van der Waals surface area contributed by atoms with Crippen molar-refractivity contribution in [2.45, 2.75) is 45.1 Å². The number of benzene rings is 1. The van der Waals surface area contributed by atoms with E-state index in [0.717, 1.165) is 10.9 Å². The molecule has 0 aliphatic heterocycles. The number of rotatable bonds is 2. The predicted octanol–water partition coefficient (Wildman–Crippen LogP) is 4.80. The maximum absolute atomic E-state index is 12.2. The number of carbonyl (C=O) groups is 1. The molecule has 0 saturated heterocycles. The van der Waals surface area contributed by atoms with Gasteiger partial charge in [-0.1, -0.05) is 37.8 Å². The Morgan fingerprint density at radius 3 is 2.79 bits per heavy atom. The van der Waals surface area contributed by atoms with Gasteiger partial charge in [-0.05, 0) is 52.9 Å². The van der Waals surface area contributed by atoms with Gasteiger partial charge in [-0.2, -0.15) is 0 Å². The third kappa shape index (κ3) is 3.96. The van der Waals surface area contributed by atoms with E-state index in [1.54, 1.807) is 12.1 Å². The average Bonchev–Trinajstić information content (AvgIpc) is 2.58. The molecule has 2 atom stereocenters. The number of halogens is 2. The monoisotopic (exact) mass is 343 g/mol. The first-order valence-corrected chi connectivity index (χ1v) is 8.01. The molecule has 1 aliphatic rings. The highest BCUT2D eigenvalue weighted by Gasteiger charge is 2.22. The molecule has 104 valence electrons. The van der Waals surface area contributed by atoms with Crippen LogP contribution < -0.4 is 5.32 Å². The van der Waals surface area contributed by atoms with Crippen LogP contribution in [0.2, 0.25) is 5.02 Å². The predicted molar refractivity (Wildman–Crippen MR) is 82.7 cm³/mol. The Labute approximate surface area is 128 Å². The lowest BCUT2D eigenvalue weighted by molar-refractivity contribution is 0.0921. The fourth-order valence-corrected chi connectivity index (χ4v) is 3.02. The standard InChI is InChI=1S/C15H19BrClNO/c1-10-5-3-2-4-6-14(10)18-15(19)11-7-8-12(16)13(17)9-11/h7-10,14H,2-6H2,1H3,(H,18,19). The summed E-state index contributed by atoms with van der Waals surface area (Å²) in [6, 6.07) is 5.61. The molecule has 1 amide bonds. The van der Waals surface area contributed by atoms with Crippen LogP contribution in [0, 0.1) is 5.92 Å². The van der Waals surface area contributed by atoms with E-state index in [-0.39, 0.29) is 11.9 Å². The van der Waals surface area contributed by atoms with Crippen molar-refractivity contribution in [2.75, 3.05) is 0 Å². The Morgan fingerprint density at radius 1 is 1.32 bits per heavy atom. The van der Waals surface area contributed by atoms with Crippen LogP contribution in [0.15, 0.2) is 22.7 Å². The van der Waals surface area contributed by atoms with E-state index in [1.807, 2.05) is 6.07 Å². The lowest BCUT2D eigenvalue weighted by atomic mass is 9.96. The second-order valence-electron chi connectivity index (χ2n) is 5.32. The van der Waals surface area contributed by atoms with Crippen molar-refractivity contribution >= 4 is 33.4 Å². The lowest BCUT2D eigenvalue weighted by Crippen LogP contribution is -2.38. The number of nitrogens with one attached hydrogen (secondary N) is 1. The van der Waals surface area contributed by atoms with Gasteiger partial charge in [0.1, 0.15) is 0 Å². The van der Waals surface area contributed by atoms with Gasteiger partial charge in [0.2, 0.25) is 0 Å². The summed E-state index contributed by atoms with van der Waals surface area (Å²) in [6.45, 7) is 2.23. The molecule has 0 radical (unpaired) electrons. The molecule has 4 heteroatoms. The van der Waals surface area contributed by atoms with Crippen LogP contribution in [0.25, 0.3) is 0 Å². The maximum atomic E-state index is 12.2. The molecule has 2 nitrogen and oxygen atoms in total. The zero-order valence-electron chi connectivity index (χ0n) is 11.1. The van der Waals surface area contributed by atoms with Crippen molar-refractivity contribution in [1.29, 1.82) is 0 Å². The molecule has 1 aromatic carbocycles. The van der Waals surface area contributed by atoms with Crippen molar-refractivity contribution in [3.63, 3.8) is 0 Å². The van der Waals surface area contributed by atoms with Gasteiger partial charge in [-0.15, -0.1) is 0 Å². The number of hydrogen-bond donors (Lipinski definition) is 1. The van der Waals surface area contributed by atoms with E-state index in [1.165, 1.54) is 25.7 Å². The largest absolute Gasteiger partial charge is 0.349 e. The molecule has 2 unspecified atom stereocenters. The van der Waals surface area contributed by atoms with Crippen LogP contribution in [0.4, 0.5) is 0 Å². The van der Waals surface area contributed by atoms with Crippen molar-refractivity contribution in [1.82, 2.24) is 5.32 Å². The molecule has 1 saturated carbocycles. The summed E-state index contributed by atoms with van der Waals surface area (Å²) in [5.41, 5.74) is 0.629. The van der Waals surface area contributed by atoms with Crippen molar-refractivity contribution < 1.29 is 4.79 Å². The molecule has 0 heterocycles. The van der Waals surface area contributed by atoms with Gasteiger partial charge < -0.3 is 5.32 Å². The van der Waals surface area contributed by atoms with Crippen LogP contribution in [0.1, 0.15) is 49.4 Å². The molecule has 0 aromatic heterocycles. The fourth-order valence-electron chi connectivity index (χ4n) is 2.60. The van der Waals surface area contributed by atoms with E-state index < -0.39 is 0 Å². The zero-order chi connectivity index (χ0) is 13.8. The van der Waals surface area contributed by atoms with Crippen LogP contribution in [-0.2, 0) is 0 Å². The molecule has 1 N–H and O–H groups in total. The second-order valence-corrected chi connectivity index (χ2v) is 6.59. The minimum absolute atomic E-state index is 0.0202. The molecule has 0 bridgehead atoms. The van der Waals surface area contributed by atoms with E-state index in [4.69, 9.17) is 11.6 Å². The van der Waals surface area contributed by atoms with Gasteiger partial charge in [0, 0.05) is 16.1 Å².